The number of hydrogen-bond donors (Lipinski definition) is 1. The van der Waals surface area contributed by atoms with Gasteiger partial charge in [-0.1, -0.05) is 18.2 Å². The smallest absolute Gasteiger partial charge is 0.247 e. The summed E-state index contributed by atoms with van der Waals surface area (Å²) >= 11 is 0. The molecular weight excluding hydrogens is 238 g/mol. The van der Waals surface area contributed by atoms with E-state index in [1.807, 2.05) is 46.0 Å². The molecule has 0 radical (unpaired) electrons. The number of carbonyl (C=O) groups is 1. The third-order valence-electron chi connectivity index (χ3n) is 3.92. The summed E-state index contributed by atoms with van der Waals surface area (Å²) in [6, 6.07) is 8.05. The average Bonchev–Trinajstić information content (AvgIpc) is 2.36. The van der Waals surface area contributed by atoms with E-state index in [-0.39, 0.29) is 11.9 Å². The van der Waals surface area contributed by atoms with Crippen LogP contribution in [-0.4, -0.2) is 36.5 Å². The second-order valence-electron chi connectivity index (χ2n) is 5.78. The maximum absolute atomic E-state index is 12.4. The molecule has 2 rings (SSSR count). The van der Waals surface area contributed by atoms with E-state index in [0.717, 1.165) is 24.3 Å². The Hall–Kier alpha value is -1.55. The lowest BCUT2D eigenvalue weighted by Gasteiger charge is -2.47. The lowest BCUT2D eigenvalue weighted by molar-refractivity contribution is -0.136. The molecule has 2 N–H and O–H groups in total. The fraction of sp³-hybridized carbons (Fsp3) is 0.533. The van der Waals surface area contributed by atoms with Crippen LogP contribution >= 0.6 is 0 Å². The molecule has 1 aliphatic heterocycles. The van der Waals surface area contributed by atoms with Gasteiger partial charge in [-0.05, 0) is 32.4 Å². The molecule has 0 unspecified atom stereocenters. The molecule has 1 aromatic rings. The highest BCUT2D eigenvalue weighted by atomic mass is 16.2. The van der Waals surface area contributed by atoms with Crippen LogP contribution in [0.4, 0.5) is 5.69 Å². The van der Waals surface area contributed by atoms with Gasteiger partial charge in [-0.15, -0.1) is 0 Å². The van der Waals surface area contributed by atoms with Gasteiger partial charge in [0.05, 0.1) is 0 Å². The Labute approximate surface area is 115 Å². The first-order chi connectivity index (χ1) is 8.85. The number of nitrogens with two attached hydrogens (primary N) is 1. The van der Waals surface area contributed by atoms with Gasteiger partial charge in [-0.2, -0.15) is 0 Å². The summed E-state index contributed by atoms with van der Waals surface area (Å²) in [6.07, 6.45) is 0. The van der Waals surface area contributed by atoms with Crippen LogP contribution in [0.25, 0.3) is 0 Å². The highest BCUT2D eigenvalue weighted by Gasteiger charge is 2.41. The van der Waals surface area contributed by atoms with Gasteiger partial charge in [0.25, 0.3) is 0 Å². The van der Waals surface area contributed by atoms with Crippen molar-refractivity contribution in [2.75, 3.05) is 25.0 Å². The van der Waals surface area contributed by atoms with Crippen LogP contribution in [-0.2, 0) is 4.79 Å². The number of nitrogens with zero attached hydrogens (tertiary/aromatic N) is 2. The minimum absolute atomic E-state index is 0.0400. The molecule has 1 aliphatic rings. The van der Waals surface area contributed by atoms with Gasteiger partial charge >= 0.3 is 0 Å². The van der Waals surface area contributed by atoms with Crippen LogP contribution in [0.1, 0.15) is 32.4 Å². The molecule has 0 aliphatic carbocycles. The van der Waals surface area contributed by atoms with Crippen LogP contribution in [0.5, 0.6) is 0 Å². The fourth-order valence-electron chi connectivity index (χ4n) is 2.75. The lowest BCUT2D eigenvalue weighted by atomic mass is 9.94. The summed E-state index contributed by atoms with van der Waals surface area (Å²) < 4.78 is 0. The number of likely N-dealkylation sites (N-methyl/N-ethyl adjacent to an activating group) is 1. The van der Waals surface area contributed by atoms with Gasteiger partial charge < -0.3 is 15.5 Å². The molecule has 1 amide bonds. The Morgan fingerprint density at radius 3 is 2.53 bits per heavy atom. The standard InChI is InChI=1S/C15H23N3O/c1-11(16)12-7-5-6-8-13(12)18-10-9-17(4)14(19)15(18,2)3/h5-8,11H,9-10,16H2,1-4H3/t11-/m0/s1. The molecule has 1 atom stereocenters. The van der Waals surface area contributed by atoms with Crippen molar-refractivity contribution in [3.63, 3.8) is 0 Å². The Bertz CT molecular complexity index is 482. The molecule has 1 saturated heterocycles. The zero-order valence-corrected chi connectivity index (χ0v) is 12.2. The van der Waals surface area contributed by atoms with Crippen molar-refractivity contribution in [3.05, 3.63) is 29.8 Å². The molecule has 1 aromatic carbocycles. The molecular formula is C15H23N3O. The van der Waals surface area contributed by atoms with Gasteiger partial charge in [0.2, 0.25) is 5.91 Å². The summed E-state index contributed by atoms with van der Waals surface area (Å²) in [5, 5.41) is 0. The molecule has 4 heteroatoms. The van der Waals surface area contributed by atoms with Crippen LogP contribution in [0.15, 0.2) is 24.3 Å². The topological polar surface area (TPSA) is 49.6 Å². The van der Waals surface area contributed by atoms with Crippen molar-refractivity contribution in [1.29, 1.82) is 0 Å². The summed E-state index contributed by atoms with van der Waals surface area (Å²) in [5.74, 6) is 0.151. The van der Waals surface area contributed by atoms with Gasteiger partial charge in [0.15, 0.2) is 0 Å². The maximum Gasteiger partial charge on any atom is 0.247 e. The normalized spacial score (nSPS) is 20.6. The van der Waals surface area contributed by atoms with E-state index in [1.165, 1.54) is 0 Å². The predicted octanol–water partition coefficient (Wildman–Crippen LogP) is 1.76. The van der Waals surface area contributed by atoms with E-state index < -0.39 is 5.54 Å². The predicted molar refractivity (Wildman–Crippen MR) is 78.1 cm³/mol. The highest BCUT2D eigenvalue weighted by molar-refractivity contribution is 5.90. The van der Waals surface area contributed by atoms with Gasteiger partial charge in [0, 0.05) is 31.9 Å². The van der Waals surface area contributed by atoms with Gasteiger partial charge in [-0.25, -0.2) is 0 Å². The number of anilines is 1. The number of carbonyl (C=O) groups excluding carboxylic acids is 1. The second-order valence-corrected chi connectivity index (χ2v) is 5.78. The van der Waals surface area contributed by atoms with E-state index in [9.17, 15) is 4.79 Å². The Morgan fingerprint density at radius 2 is 1.89 bits per heavy atom. The van der Waals surface area contributed by atoms with E-state index >= 15 is 0 Å². The Balaban J connectivity index is 2.44. The summed E-state index contributed by atoms with van der Waals surface area (Å²) in [6.45, 7) is 7.50. The van der Waals surface area contributed by atoms with E-state index in [0.29, 0.717) is 0 Å². The lowest BCUT2D eigenvalue weighted by Crippen LogP contribution is -2.62. The number of piperazine rings is 1. The van der Waals surface area contributed by atoms with Crippen molar-refractivity contribution in [2.45, 2.75) is 32.4 Å². The third-order valence-corrected chi connectivity index (χ3v) is 3.92. The minimum Gasteiger partial charge on any atom is -0.355 e. The van der Waals surface area contributed by atoms with Crippen molar-refractivity contribution < 1.29 is 4.79 Å². The Kier molecular flexibility index (Phi) is 3.54. The summed E-state index contributed by atoms with van der Waals surface area (Å²) in [7, 11) is 1.86. The molecule has 0 saturated carbocycles. The first kappa shape index (κ1) is 13.9. The first-order valence-corrected chi connectivity index (χ1v) is 6.73. The molecule has 4 nitrogen and oxygen atoms in total. The van der Waals surface area contributed by atoms with Crippen molar-refractivity contribution in [3.8, 4) is 0 Å². The quantitative estimate of drug-likeness (QED) is 0.882. The van der Waals surface area contributed by atoms with Crippen LogP contribution in [0.2, 0.25) is 0 Å². The largest absolute Gasteiger partial charge is 0.355 e. The van der Waals surface area contributed by atoms with Gasteiger partial charge in [-0.3, -0.25) is 4.79 Å². The van der Waals surface area contributed by atoms with Crippen LogP contribution in [0, 0.1) is 0 Å². The number of rotatable bonds is 2. The van der Waals surface area contributed by atoms with E-state index in [4.69, 9.17) is 5.73 Å². The number of amides is 1. The highest BCUT2D eigenvalue weighted by Crippen LogP contribution is 2.33. The molecule has 0 bridgehead atoms. The molecule has 0 spiro atoms. The van der Waals surface area contributed by atoms with Crippen LogP contribution < -0.4 is 10.6 Å². The van der Waals surface area contributed by atoms with E-state index in [1.54, 1.807) is 4.90 Å². The van der Waals surface area contributed by atoms with Crippen molar-refractivity contribution in [2.24, 2.45) is 5.73 Å². The number of hydrogen-bond acceptors (Lipinski definition) is 3. The second kappa shape index (κ2) is 4.85. The zero-order valence-electron chi connectivity index (χ0n) is 12.2. The van der Waals surface area contributed by atoms with Crippen molar-refractivity contribution >= 4 is 11.6 Å². The molecule has 104 valence electrons. The minimum atomic E-state index is -0.530. The SMILES string of the molecule is C[C@H](N)c1ccccc1N1CCN(C)C(=O)C1(C)C. The monoisotopic (exact) mass is 261 g/mol. The Morgan fingerprint density at radius 1 is 1.26 bits per heavy atom. The number of para-hydroxylation sites is 1. The van der Waals surface area contributed by atoms with Gasteiger partial charge in [0.1, 0.15) is 5.54 Å². The fourth-order valence-corrected chi connectivity index (χ4v) is 2.75. The molecule has 1 heterocycles. The van der Waals surface area contributed by atoms with Crippen LogP contribution in [0.3, 0.4) is 0 Å². The zero-order chi connectivity index (χ0) is 14.2. The van der Waals surface area contributed by atoms with Crippen molar-refractivity contribution in [1.82, 2.24) is 4.90 Å². The first-order valence-electron chi connectivity index (χ1n) is 6.73. The maximum atomic E-state index is 12.4. The average molecular weight is 261 g/mol. The molecule has 1 fully saturated rings. The molecule has 0 aromatic heterocycles. The number of benzene rings is 1. The summed E-state index contributed by atoms with van der Waals surface area (Å²) in [5.41, 5.74) is 7.68. The third kappa shape index (κ3) is 2.32. The summed E-state index contributed by atoms with van der Waals surface area (Å²) in [4.78, 5) is 16.3. The molecule has 19 heavy (non-hydrogen) atoms. The van der Waals surface area contributed by atoms with E-state index in [2.05, 4.69) is 11.0 Å².